The van der Waals surface area contributed by atoms with E-state index < -0.39 is 0 Å². The van der Waals surface area contributed by atoms with Crippen LogP contribution in [0.5, 0.6) is 0 Å². The van der Waals surface area contributed by atoms with Gasteiger partial charge in [-0.05, 0) is 6.07 Å². The van der Waals surface area contributed by atoms with Crippen LogP contribution in [0.1, 0.15) is 0 Å². The molecule has 1 heterocycles. The molecule has 0 amide bonds. The topological polar surface area (TPSA) is 45.8 Å². The molecule has 1 N–H and O–H groups in total. The van der Waals surface area contributed by atoms with Crippen LogP contribution in [0.2, 0.25) is 0 Å². The molecule has 0 unspecified atom stereocenters. The molecular weight excluding hydrogens is 176 g/mol. The van der Waals surface area contributed by atoms with E-state index in [-0.39, 0.29) is 18.0 Å². The van der Waals surface area contributed by atoms with Crippen molar-refractivity contribution in [2.75, 3.05) is 0 Å². The van der Waals surface area contributed by atoms with Crippen LogP contribution in [-0.2, 0) is 0 Å². The van der Waals surface area contributed by atoms with Gasteiger partial charge in [0.1, 0.15) is 0 Å². The highest BCUT2D eigenvalue weighted by Gasteiger charge is 1.93. The average molecular weight is 183 g/mol. The molecule has 0 fully saturated rings. The van der Waals surface area contributed by atoms with Gasteiger partial charge in [-0.3, -0.25) is 4.79 Å². The molecule has 1 aromatic heterocycles. The van der Waals surface area contributed by atoms with Crippen LogP contribution in [0.3, 0.4) is 0 Å². The third-order valence-electron chi connectivity index (χ3n) is 1.58. The second-order valence-corrected chi connectivity index (χ2v) is 2.29. The summed E-state index contributed by atoms with van der Waals surface area (Å²) in [7, 11) is 0. The maximum atomic E-state index is 11.1. The van der Waals surface area contributed by atoms with Crippen LogP contribution < -0.4 is 5.56 Å². The highest BCUT2D eigenvalue weighted by Crippen LogP contribution is 2.04. The summed E-state index contributed by atoms with van der Waals surface area (Å²) < 4.78 is 0. The van der Waals surface area contributed by atoms with Gasteiger partial charge in [-0.2, -0.15) is 5.10 Å². The lowest BCUT2D eigenvalue weighted by Gasteiger charge is -1.91. The zero-order valence-corrected chi connectivity index (χ0v) is 6.97. The van der Waals surface area contributed by atoms with Crippen molar-refractivity contribution in [3.63, 3.8) is 0 Å². The molecule has 0 bridgehead atoms. The molecule has 0 aliphatic carbocycles. The lowest BCUT2D eigenvalue weighted by molar-refractivity contribution is 1.01. The quantitative estimate of drug-likeness (QED) is 0.669. The maximum Gasteiger partial charge on any atom is 0.272 e. The minimum absolute atomic E-state index is 0. The van der Waals surface area contributed by atoms with Gasteiger partial charge in [-0.25, -0.2) is 5.10 Å². The van der Waals surface area contributed by atoms with E-state index in [9.17, 15) is 4.79 Å². The Hall–Kier alpha value is -1.35. The van der Waals surface area contributed by atoms with E-state index in [0.717, 1.165) is 5.39 Å². The van der Waals surface area contributed by atoms with Gasteiger partial charge in [0.05, 0.1) is 6.20 Å². The number of halogens is 1. The number of fused-ring (bicyclic) bond motifs is 1. The van der Waals surface area contributed by atoms with Crippen LogP contribution in [-0.4, -0.2) is 10.2 Å². The number of benzene rings is 1. The lowest BCUT2D eigenvalue weighted by Crippen LogP contribution is -2.06. The summed E-state index contributed by atoms with van der Waals surface area (Å²) >= 11 is 0. The fourth-order valence-electron chi connectivity index (χ4n) is 1.04. The Balaban J connectivity index is 0.000000720. The smallest absolute Gasteiger partial charge is 0.267 e. The number of hydrogen-bond acceptors (Lipinski definition) is 2. The monoisotopic (exact) mass is 182 g/mol. The Morgan fingerprint density at radius 2 is 2.00 bits per heavy atom. The van der Waals surface area contributed by atoms with Gasteiger partial charge >= 0.3 is 0 Å². The van der Waals surface area contributed by atoms with Gasteiger partial charge in [0.2, 0.25) is 0 Å². The van der Waals surface area contributed by atoms with Gasteiger partial charge in [0, 0.05) is 10.8 Å². The normalized spacial score (nSPS) is 9.33. The van der Waals surface area contributed by atoms with Crippen LogP contribution in [0.4, 0.5) is 0 Å². The minimum atomic E-state index is -0.136. The van der Waals surface area contributed by atoms with Gasteiger partial charge in [0.15, 0.2) is 0 Å². The number of hydrogen-bond donors (Lipinski definition) is 1. The molecule has 3 nitrogen and oxygen atoms in total. The predicted molar refractivity (Wildman–Crippen MR) is 49.6 cm³/mol. The van der Waals surface area contributed by atoms with Crippen molar-refractivity contribution < 1.29 is 0 Å². The summed E-state index contributed by atoms with van der Waals surface area (Å²) in [6.45, 7) is 0. The molecule has 62 valence electrons. The van der Waals surface area contributed by atoms with Gasteiger partial charge < -0.3 is 0 Å². The van der Waals surface area contributed by atoms with Crippen LogP contribution in [0.25, 0.3) is 10.8 Å². The molecule has 12 heavy (non-hydrogen) atoms. The van der Waals surface area contributed by atoms with Crippen molar-refractivity contribution in [2.45, 2.75) is 0 Å². The second-order valence-electron chi connectivity index (χ2n) is 2.29. The van der Waals surface area contributed by atoms with Gasteiger partial charge in [-0.1, -0.05) is 18.2 Å². The van der Waals surface area contributed by atoms with Crippen LogP contribution in [0.15, 0.2) is 35.3 Å². The largest absolute Gasteiger partial charge is 0.272 e. The number of H-pyrrole nitrogens is 1. The molecule has 0 aliphatic rings. The van der Waals surface area contributed by atoms with E-state index in [1.54, 1.807) is 12.3 Å². The minimum Gasteiger partial charge on any atom is -0.267 e. The maximum absolute atomic E-state index is 11.1. The Morgan fingerprint density at radius 3 is 2.75 bits per heavy atom. The zero-order valence-electron chi connectivity index (χ0n) is 6.15. The molecule has 0 saturated carbocycles. The third kappa shape index (κ3) is 1.31. The summed E-state index contributed by atoms with van der Waals surface area (Å²) in [6, 6.07) is 7.34. The van der Waals surface area contributed by atoms with Crippen LogP contribution in [0, 0.1) is 0 Å². The zero-order chi connectivity index (χ0) is 7.68. The summed E-state index contributed by atoms with van der Waals surface area (Å²) in [5, 5.41) is 7.60. The first-order valence-electron chi connectivity index (χ1n) is 3.30. The molecule has 2 rings (SSSR count). The number of aromatic nitrogens is 2. The Kier molecular flexibility index (Phi) is 2.45. The first-order chi connectivity index (χ1) is 5.38. The third-order valence-corrected chi connectivity index (χ3v) is 1.58. The Bertz CT molecular complexity index is 433. The Labute approximate surface area is 74.8 Å². The molecule has 0 aliphatic heterocycles. The molecule has 0 spiro atoms. The summed E-state index contributed by atoms with van der Waals surface area (Å²) in [6.07, 6.45) is 1.64. The molecule has 0 saturated heterocycles. The number of nitrogens with one attached hydrogen (secondary N) is 1. The Morgan fingerprint density at radius 1 is 1.25 bits per heavy atom. The van der Waals surface area contributed by atoms with E-state index in [4.69, 9.17) is 0 Å². The van der Waals surface area contributed by atoms with Crippen molar-refractivity contribution in [2.24, 2.45) is 0 Å². The van der Waals surface area contributed by atoms with Crippen molar-refractivity contribution in [1.29, 1.82) is 0 Å². The van der Waals surface area contributed by atoms with Crippen molar-refractivity contribution in [3.05, 3.63) is 40.8 Å². The first-order valence-corrected chi connectivity index (χ1v) is 3.30. The number of rotatable bonds is 0. The highest BCUT2D eigenvalue weighted by molar-refractivity contribution is 5.85. The number of aromatic amines is 1. The predicted octanol–water partition coefficient (Wildman–Crippen LogP) is 1.34. The van der Waals surface area contributed by atoms with E-state index in [1.165, 1.54) is 0 Å². The van der Waals surface area contributed by atoms with Crippen LogP contribution >= 0.6 is 12.4 Å². The molecule has 4 heteroatoms. The van der Waals surface area contributed by atoms with Gasteiger partial charge in [-0.15, -0.1) is 12.4 Å². The molecule has 0 atom stereocenters. The fraction of sp³-hybridized carbons (Fsp3) is 0. The number of nitrogens with zero attached hydrogens (tertiary/aromatic N) is 1. The average Bonchev–Trinajstić information content (AvgIpc) is 2.06. The standard InChI is InChI=1S/C8H6N2O.ClH/c11-8-7-4-2-1-3-6(7)5-9-10-8;/h1-5H,(H,10,11);1H. The van der Waals surface area contributed by atoms with E-state index in [0.29, 0.717) is 5.39 Å². The SMILES string of the molecule is Cl.O=c1[nH]ncc2ccccc12. The second kappa shape index (κ2) is 3.36. The summed E-state index contributed by atoms with van der Waals surface area (Å²) in [5.74, 6) is 0. The highest BCUT2D eigenvalue weighted by atomic mass is 35.5. The van der Waals surface area contributed by atoms with Crippen molar-refractivity contribution in [3.8, 4) is 0 Å². The summed E-state index contributed by atoms with van der Waals surface area (Å²) in [5.41, 5.74) is -0.136. The molecule has 2 aromatic rings. The van der Waals surface area contributed by atoms with Gasteiger partial charge in [0.25, 0.3) is 5.56 Å². The lowest BCUT2D eigenvalue weighted by atomic mass is 10.2. The van der Waals surface area contributed by atoms with Crippen molar-refractivity contribution in [1.82, 2.24) is 10.2 Å². The molecular formula is C8H7ClN2O. The fourth-order valence-corrected chi connectivity index (χ4v) is 1.04. The van der Waals surface area contributed by atoms with E-state index in [2.05, 4.69) is 10.2 Å². The molecule has 1 aromatic carbocycles. The first kappa shape index (κ1) is 8.74. The van der Waals surface area contributed by atoms with E-state index in [1.807, 2.05) is 18.2 Å². The van der Waals surface area contributed by atoms with E-state index >= 15 is 0 Å². The summed E-state index contributed by atoms with van der Waals surface area (Å²) in [4.78, 5) is 11.1. The van der Waals surface area contributed by atoms with Crippen molar-refractivity contribution >= 4 is 23.2 Å². The molecule has 0 radical (unpaired) electrons.